The minimum atomic E-state index is -3.19. The highest BCUT2D eigenvalue weighted by Crippen LogP contribution is 2.19. The highest BCUT2D eigenvalue weighted by Gasteiger charge is 2.12. The first kappa shape index (κ1) is 16.0. The van der Waals surface area contributed by atoms with E-state index < -0.39 is 9.84 Å². The van der Waals surface area contributed by atoms with E-state index in [1.165, 1.54) is 6.26 Å². The van der Waals surface area contributed by atoms with Crippen molar-refractivity contribution in [3.05, 3.63) is 24.3 Å². The Morgan fingerprint density at radius 3 is 2.63 bits per heavy atom. The molecule has 0 amide bonds. The molecule has 4 nitrogen and oxygen atoms in total. The summed E-state index contributed by atoms with van der Waals surface area (Å²) < 4.78 is 28.9. The van der Waals surface area contributed by atoms with Gasteiger partial charge in [-0.2, -0.15) is 0 Å². The van der Waals surface area contributed by atoms with E-state index in [0.717, 1.165) is 25.9 Å². The summed E-state index contributed by atoms with van der Waals surface area (Å²) >= 11 is 0. The van der Waals surface area contributed by atoms with E-state index in [4.69, 9.17) is 4.74 Å². The molecule has 0 saturated heterocycles. The van der Waals surface area contributed by atoms with E-state index in [0.29, 0.717) is 10.6 Å². The smallest absolute Gasteiger partial charge is 0.175 e. The molecule has 108 valence electrons. The van der Waals surface area contributed by atoms with Gasteiger partial charge in [-0.15, -0.1) is 0 Å². The van der Waals surface area contributed by atoms with Gasteiger partial charge in [0.05, 0.1) is 4.90 Å². The minimum Gasteiger partial charge on any atom is -0.489 e. The molecule has 1 rings (SSSR count). The normalized spacial score (nSPS) is 13.2. The fraction of sp³-hybridized carbons (Fsp3) is 0.571. The van der Waals surface area contributed by atoms with Crippen LogP contribution >= 0.6 is 0 Å². The lowest BCUT2D eigenvalue weighted by molar-refractivity contribution is 0.187. The number of sulfone groups is 1. The number of ether oxygens (including phenoxy) is 1. The fourth-order valence-corrected chi connectivity index (χ4v) is 2.46. The van der Waals surface area contributed by atoms with Crippen molar-refractivity contribution in [3.63, 3.8) is 0 Å². The molecule has 0 aliphatic rings. The van der Waals surface area contributed by atoms with Crippen LogP contribution < -0.4 is 10.1 Å². The molecule has 0 heterocycles. The molecule has 0 radical (unpaired) electrons. The van der Waals surface area contributed by atoms with Gasteiger partial charge in [-0.3, -0.25) is 0 Å². The van der Waals surface area contributed by atoms with Crippen molar-refractivity contribution in [2.45, 2.75) is 37.7 Å². The Kier molecular flexibility index (Phi) is 6.31. The van der Waals surface area contributed by atoms with Gasteiger partial charge in [0.15, 0.2) is 9.84 Å². The van der Waals surface area contributed by atoms with E-state index in [9.17, 15) is 8.42 Å². The largest absolute Gasteiger partial charge is 0.489 e. The minimum absolute atomic E-state index is 0.0692. The average molecular weight is 285 g/mol. The Bertz CT molecular complexity index is 485. The number of rotatable bonds is 8. The fourth-order valence-electron chi connectivity index (χ4n) is 1.80. The van der Waals surface area contributed by atoms with Crippen molar-refractivity contribution >= 4 is 9.84 Å². The first-order chi connectivity index (χ1) is 8.97. The van der Waals surface area contributed by atoms with Gasteiger partial charge in [0.1, 0.15) is 11.9 Å². The van der Waals surface area contributed by atoms with E-state index in [1.54, 1.807) is 24.3 Å². The third-order valence-electron chi connectivity index (χ3n) is 2.77. The zero-order valence-corrected chi connectivity index (χ0v) is 12.7. The van der Waals surface area contributed by atoms with Gasteiger partial charge < -0.3 is 10.1 Å². The van der Waals surface area contributed by atoms with Gasteiger partial charge in [-0.25, -0.2) is 8.42 Å². The average Bonchev–Trinajstić information content (AvgIpc) is 2.35. The second-order valence-electron chi connectivity index (χ2n) is 4.58. The Morgan fingerprint density at radius 1 is 1.32 bits per heavy atom. The Hall–Kier alpha value is -1.07. The van der Waals surface area contributed by atoms with Crippen molar-refractivity contribution in [2.75, 3.05) is 19.3 Å². The lowest BCUT2D eigenvalue weighted by Crippen LogP contribution is -2.31. The molecule has 1 N–H and O–H groups in total. The van der Waals surface area contributed by atoms with Crippen LogP contribution in [0.5, 0.6) is 5.75 Å². The van der Waals surface area contributed by atoms with Gasteiger partial charge in [0, 0.05) is 12.8 Å². The van der Waals surface area contributed by atoms with Crippen LogP contribution in [0.3, 0.4) is 0 Å². The maximum Gasteiger partial charge on any atom is 0.175 e. The van der Waals surface area contributed by atoms with Crippen LogP contribution in [0.1, 0.15) is 26.7 Å². The van der Waals surface area contributed by atoms with Crippen molar-refractivity contribution < 1.29 is 13.2 Å². The lowest BCUT2D eigenvalue weighted by Gasteiger charge is -2.19. The second-order valence-corrected chi connectivity index (χ2v) is 6.60. The number of benzene rings is 1. The molecule has 1 aromatic rings. The predicted octanol–water partition coefficient (Wildman–Crippen LogP) is 2.25. The summed E-state index contributed by atoms with van der Waals surface area (Å²) in [5, 5.41) is 3.26. The SMILES string of the molecule is CCCC(CNCC)Oc1cccc(S(C)(=O)=O)c1. The predicted molar refractivity (Wildman–Crippen MR) is 77.4 cm³/mol. The van der Waals surface area contributed by atoms with Crippen molar-refractivity contribution in [1.29, 1.82) is 0 Å². The van der Waals surface area contributed by atoms with E-state index in [1.807, 2.05) is 6.92 Å². The number of likely N-dealkylation sites (N-methyl/N-ethyl adjacent to an activating group) is 1. The van der Waals surface area contributed by atoms with Crippen molar-refractivity contribution in [3.8, 4) is 5.75 Å². The quantitative estimate of drug-likeness (QED) is 0.796. The maximum absolute atomic E-state index is 11.5. The Labute approximate surface area is 116 Å². The highest BCUT2D eigenvalue weighted by atomic mass is 32.2. The van der Waals surface area contributed by atoms with Crippen LogP contribution in [0, 0.1) is 0 Å². The van der Waals surface area contributed by atoms with Crippen LogP contribution in [-0.4, -0.2) is 33.9 Å². The summed E-state index contributed by atoms with van der Waals surface area (Å²) in [7, 11) is -3.19. The molecule has 0 saturated carbocycles. The van der Waals surface area contributed by atoms with Crippen LogP contribution in [0.2, 0.25) is 0 Å². The van der Waals surface area contributed by atoms with E-state index in [2.05, 4.69) is 12.2 Å². The second kappa shape index (κ2) is 7.50. The standard InChI is InChI=1S/C14H23NO3S/c1-4-7-13(11-15-5-2)18-12-8-6-9-14(10-12)19(3,16)17/h6,8-10,13,15H,4-5,7,11H2,1-3H3. The molecule has 0 spiro atoms. The van der Waals surface area contributed by atoms with Crippen LogP contribution in [0.15, 0.2) is 29.2 Å². The van der Waals surface area contributed by atoms with Crippen LogP contribution in [0.4, 0.5) is 0 Å². The molecule has 0 aliphatic carbocycles. The molecule has 0 fully saturated rings. The molecule has 0 aliphatic heterocycles. The third kappa shape index (κ3) is 5.61. The highest BCUT2D eigenvalue weighted by molar-refractivity contribution is 7.90. The van der Waals surface area contributed by atoms with Crippen LogP contribution in [0.25, 0.3) is 0 Å². The molecular weight excluding hydrogens is 262 g/mol. The summed E-state index contributed by atoms with van der Waals surface area (Å²) in [4.78, 5) is 0.295. The monoisotopic (exact) mass is 285 g/mol. The van der Waals surface area contributed by atoms with Crippen molar-refractivity contribution in [1.82, 2.24) is 5.32 Å². The zero-order valence-electron chi connectivity index (χ0n) is 11.8. The molecule has 19 heavy (non-hydrogen) atoms. The molecule has 0 aromatic heterocycles. The van der Waals surface area contributed by atoms with Gasteiger partial charge in [-0.1, -0.05) is 26.3 Å². The van der Waals surface area contributed by atoms with Gasteiger partial charge in [0.2, 0.25) is 0 Å². The number of hydrogen-bond donors (Lipinski definition) is 1. The summed E-state index contributed by atoms with van der Waals surface area (Å²) in [5.41, 5.74) is 0. The first-order valence-electron chi connectivity index (χ1n) is 6.64. The molecule has 0 bridgehead atoms. The maximum atomic E-state index is 11.5. The number of hydrogen-bond acceptors (Lipinski definition) is 4. The van der Waals surface area contributed by atoms with Crippen LogP contribution in [-0.2, 0) is 9.84 Å². The van der Waals surface area contributed by atoms with Gasteiger partial charge >= 0.3 is 0 Å². The Morgan fingerprint density at radius 2 is 2.05 bits per heavy atom. The van der Waals surface area contributed by atoms with E-state index in [-0.39, 0.29) is 6.10 Å². The first-order valence-corrected chi connectivity index (χ1v) is 8.54. The summed E-state index contributed by atoms with van der Waals surface area (Å²) in [6.45, 7) is 5.82. The topological polar surface area (TPSA) is 55.4 Å². The number of nitrogens with one attached hydrogen (secondary N) is 1. The van der Waals surface area contributed by atoms with E-state index >= 15 is 0 Å². The van der Waals surface area contributed by atoms with Crippen molar-refractivity contribution in [2.24, 2.45) is 0 Å². The Balaban J connectivity index is 2.78. The molecule has 5 heteroatoms. The van der Waals surface area contributed by atoms with Gasteiger partial charge in [0.25, 0.3) is 0 Å². The molecular formula is C14H23NO3S. The third-order valence-corrected chi connectivity index (χ3v) is 3.88. The molecule has 1 aromatic carbocycles. The summed E-state index contributed by atoms with van der Waals surface area (Å²) in [6, 6.07) is 6.68. The molecule has 1 atom stereocenters. The molecule has 1 unspecified atom stereocenters. The zero-order chi connectivity index (χ0) is 14.3. The summed E-state index contributed by atoms with van der Waals surface area (Å²) in [6.07, 6.45) is 3.24. The summed E-state index contributed by atoms with van der Waals surface area (Å²) in [5.74, 6) is 0.610. The lowest BCUT2D eigenvalue weighted by atomic mass is 10.2. The van der Waals surface area contributed by atoms with Gasteiger partial charge in [-0.05, 0) is 31.2 Å².